The summed E-state index contributed by atoms with van der Waals surface area (Å²) in [5.41, 5.74) is 3.85. The van der Waals surface area contributed by atoms with E-state index in [1.54, 1.807) is 17.1 Å². The quantitative estimate of drug-likeness (QED) is 0.570. The molecule has 0 aliphatic carbocycles. The second-order valence-electron chi connectivity index (χ2n) is 8.23. The third kappa shape index (κ3) is 4.09. The first-order valence-electron chi connectivity index (χ1n) is 10.4. The van der Waals surface area contributed by atoms with Crippen molar-refractivity contribution < 1.29 is 4.74 Å². The molecule has 0 aromatic carbocycles. The van der Waals surface area contributed by atoms with Gasteiger partial charge in [0.1, 0.15) is 5.52 Å². The average Bonchev–Trinajstić information content (AvgIpc) is 3.42. The molecule has 3 aromatic rings. The molecule has 8 nitrogen and oxygen atoms in total. The van der Waals surface area contributed by atoms with Gasteiger partial charge in [-0.15, -0.1) is 0 Å². The Labute approximate surface area is 182 Å². The maximum absolute atomic E-state index is 9.50. The van der Waals surface area contributed by atoms with Crippen molar-refractivity contribution in [3.8, 4) is 11.9 Å². The molecule has 4 heterocycles. The van der Waals surface area contributed by atoms with E-state index in [4.69, 9.17) is 14.8 Å². The van der Waals surface area contributed by atoms with Crippen LogP contribution in [0.2, 0.25) is 0 Å². The molecule has 3 aromatic heterocycles. The zero-order valence-corrected chi connectivity index (χ0v) is 18.2. The summed E-state index contributed by atoms with van der Waals surface area (Å²) in [5.74, 6) is 0.705. The molecule has 0 unspecified atom stereocenters. The molecule has 0 amide bonds. The van der Waals surface area contributed by atoms with Crippen molar-refractivity contribution in [1.29, 1.82) is 5.26 Å². The summed E-state index contributed by atoms with van der Waals surface area (Å²) < 4.78 is 9.27. The number of nitriles is 1. The Morgan fingerprint density at radius 1 is 1.35 bits per heavy atom. The number of hydrogen-bond donors (Lipinski definition) is 0. The molecular formula is C23H27N7O. The average molecular weight is 418 g/mol. The highest BCUT2D eigenvalue weighted by atomic mass is 16.5. The molecule has 0 radical (unpaired) electrons. The second kappa shape index (κ2) is 8.36. The number of morpholine rings is 1. The van der Waals surface area contributed by atoms with Gasteiger partial charge in [0.2, 0.25) is 0 Å². The summed E-state index contributed by atoms with van der Waals surface area (Å²) in [6.45, 7) is 13.1. The van der Waals surface area contributed by atoms with Crippen molar-refractivity contribution in [2.75, 3.05) is 31.2 Å². The lowest BCUT2D eigenvalue weighted by Crippen LogP contribution is -2.36. The fourth-order valence-electron chi connectivity index (χ4n) is 3.72. The second-order valence-corrected chi connectivity index (χ2v) is 8.23. The highest BCUT2D eigenvalue weighted by Crippen LogP contribution is 2.30. The summed E-state index contributed by atoms with van der Waals surface area (Å²) >= 11 is 0. The number of imidazole rings is 1. The van der Waals surface area contributed by atoms with Crippen LogP contribution in [0.3, 0.4) is 0 Å². The maximum Gasteiger partial charge on any atom is 0.164 e. The van der Waals surface area contributed by atoms with Gasteiger partial charge in [0.05, 0.1) is 42.4 Å². The van der Waals surface area contributed by atoms with Gasteiger partial charge in [-0.25, -0.2) is 14.6 Å². The summed E-state index contributed by atoms with van der Waals surface area (Å²) in [6, 6.07) is 6.34. The molecular weight excluding hydrogens is 390 g/mol. The Morgan fingerprint density at radius 3 is 2.81 bits per heavy atom. The van der Waals surface area contributed by atoms with Crippen molar-refractivity contribution in [1.82, 2.24) is 24.3 Å². The first kappa shape index (κ1) is 20.8. The summed E-state index contributed by atoms with van der Waals surface area (Å²) in [5, 5.41) is 14.2. The number of anilines is 1. The van der Waals surface area contributed by atoms with Crippen LogP contribution in [-0.4, -0.2) is 50.6 Å². The maximum atomic E-state index is 9.50. The number of hydrogen-bond acceptors (Lipinski definition) is 6. The van der Waals surface area contributed by atoms with Crippen LogP contribution in [0, 0.1) is 16.7 Å². The number of nitrogens with zero attached hydrogens (tertiary/aromatic N) is 7. The number of aromatic nitrogens is 5. The van der Waals surface area contributed by atoms with Crippen LogP contribution >= 0.6 is 0 Å². The molecule has 0 N–H and O–H groups in total. The Bertz CT molecular complexity index is 1170. The van der Waals surface area contributed by atoms with Gasteiger partial charge in [0.25, 0.3) is 0 Å². The van der Waals surface area contributed by atoms with Crippen molar-refractivity contribution >= 4 is 22.4 Å². The predicted molar refractivity (Wildman–Crippen MR) is 121 cm³/mol. The molecule has 0 spiro atoms. The summed E-state index contributed by atoms with van der Waals surface area (Å²) in [6.07, 6.45) is 7.45. The monoisotopic (exact) mass is 417 g/mol. The smallest absolute Gasteiger partial charge is 0.164 e. The van der Waals surface area contributed by atoms with E-state index in [0.29, 0.717) is 25.6 Å². The van der Waals surface area contributed by atoms with Crippen LogP contribution in [0.5, 0.6) is 0 Å². The van der Waals surface area contributed by atoms with Crippen molar-refractivity contribution in [3.05, 3.63) is 49.1 Å². The zero-order valence-electron chi connectivity index (χ0n) is 18.2. The number of fused-ring (bicyclic) bond motifs is 1. The highest BCUT2D eigenvalue weighted by molar-refractivity contribution is 5.87. The van der Waals surface area contributed by atoms with Crippen LogP contribution in [-0.2, 0) is 11.3 Å². The van der Waals surface area contributed by atoms with Gasteiger partial charge >= 0.3 is 0 Å². The van der Waals surface area contributed by atoms with Gasteiger partial charge in [-0.1, -0.05) is 18.7 Å². The van der Waals surface area contributed by atoms with E-state index in [2.05, 4.69) is 22.5 Å². The number of rotatable bonds is 6. The van der Waals surface area contributed by atoms with Crippen molar-refractivity contribution in [2.24, 2.45) is 5.41 Å². The van der Waals surface area contributed by atoms with Gasteiger partial charge in [0.15, 0.2) is 11.5 Å². The first-order chi connectivity index (χ1) is 15.0. The minimum absolute atomic E-state index is 0.503. The third-order valence-electron chi connectivity index (χ3n) is 5.41. The van der Waals surface area contributed by atoms with Crippen molar-refractivity contribution in [2.45, 2.75) is 27.3 Å². The topological polar surface area (TPSA) is 84.8 Å². The van der Waals surface area contributed by atoms with E-state index in [1.807, 2.05) is 49.7 Å². The molecule has 8 heteroatoms. The van der Waals surface area contributed by atoms with E-state index < -0.39 is 5.41 Å². The van der Waals surface area contributed by atoms with E-state index in [9.17, 15) is 5.26 Å². The number of pyridine rings is 1. The fraction of sp³-hybridized carbons (Fsp3) is 0.391. The summed E-state index contributed by atoms with van der Waals surface area (Å²) in [7, 11) is 0. The minimum atomic E-state index is -0.534. The molecule has 0 saturated carbocycles. The van der Waals surface area contributed by atoms with E-state index >= 15 is 0 Å². The molecule has 31 heavy (non-hydrogen) atoms. The lowest BCUT2D eigenvalue weighted by molar-refractivity contribution is 0.123. The molecule has 1 aliphatic heterocycles. The number of allylic oxidation sites excluding steroid dienone is 3. The van der Waals surface area contributed by atoms with Crippen molar-refractivity contribution in [3.63, 3.8) is 0 Å². The van der Waals surface area contributed by atoms with E-state index in [-0.39, 0.29) is 0 Å². The van der Waals surface area contributed by atoms with E-state index in [0.717, 1.165) is 41.2 Å². The first-order valence-corrected chi connectivity index (χ1v) is 10.4. The van der Waals surface area contributed by atoms with Crippen LogP contribution in [0.25, 0.3) is 22.6 Å². The third-order valence-corrected chi connectivity index (χ3v) is 5.41. The largest absolute Gasteiger partial charge is 0.378 e. The predicted octanol–water partition coefficient (Wildman–Crippen LogP) is 3.59. The standard InChI is InChI=1S/C23H27N7O/c1-5-17(6-2)18-7-8-30(27-18)20-13-19(28-9-11-31-12-10-28)21-22(26-20)29(16-25-21)15-23(3,4)14-24/h5-8,13,16H,1,9-12,15H2,2-4H3/b17-6+. The van der Waals surface area contributed by atoms with E-state index in [1.165, 1.54) is 0 Å². The van der Waals surface area contributed by atoms with Crippen LogP contribution in [0.15, 0.2) is 43.4 Å². The van der Waals surface area contributed by atoms with Crippen LogP contribution in [0.4, 0.5) is 5.69 Å². The molecule has 0 bridgehead atoms. The number of ether oxygens (including phenoxy) is 1. The molecule has 1 saturated heterocycles. The van der Waals surface area contributed by atoms with Crippen LogP contribution < -0.4 is 4.90 Å². The normalized spacial score (nSPS) is 15.3. The van der Waals surface area contributed by atoms with Gasteiger partial charge < -0.3 is 14.2 Å². The molecule has 160 valence electrons. The minimum Gasteiger partial charge on any atom is -0.378 e. The Kier molecular flexibility index (Phi) is 5.61. The molecule has 0 atom stereocenters. The van der Waals surface area contributed by atoms with Gasteiger partial charge in [0, 0.05) is 31.9 Å². The zero-order chi connectivity index (χ0) is 22.0. The fourth-order valence-corrected chi connectivity index (χ4v) is 3.72. The molecule has 4 rings (SSSR count). The Morgan fingerprint density at radius 2 is 2.13 bits per heavy atom. The molecule has 1 aliphatic rings. The Balaban J connectivity index is 1.85. The summed E-state index contributed by atoms with van der Waals surface area (Å²) in [4.78, 5) is 11.8. The van der Waals surface area contributed by atoms with Gasteiger partial charge in [-0.2, -0.15) is 10.4 Å². The molecule has 1 fully saturated rings. The van der Waals surface area contributed by atoms with Gasteiger partial charge in [-0.3, -0.25) is 0 Å². The van der Waals surface area contributed by atoms with Crippen LogP contribution in [0.1, 0.15) is 26.5 Å². The lowest BCUT2D eigenvalue weighted by Gasteiger charge is -2.29. The lowest BCUT2D eigenvalue weighted by atomic mass is 9.96. The Hall–Kier alpha value is -3.44. The van der Waals surface area contributed by atoms with Gasteiger partial charge in [-0.05, 0) is 32.4 Å². The SMILES string of the molecule is C=C/C(=C\C)c1ccn(-c2cc(N3CCOCC3)c3ncn(CC(C)(C)C#N)c3n2)n1. The highest BCUT2D eigenvalue weighted by Gasteiger charge is 2.23.